The maximum Gasteiger partial charge on any atom is 0.258 e. The molecule has 2 aliphatic heterocycles. The van der Waals surface area contributed by atoms with Gasteiger partial charge in [0.1, 0.15) is 12.4 Å². The molecule has 0 bridgehead atoms. The van der Waals surface area contributed by atoms with Crippen molar-refractivity contribution in [1.29, 1.82) is 0 Å². The third-order valence-electron chi connectivity index (χ3n) is 4.02. The number of benzene rings is 1. The lowest BCUT2D eigenvalue weighted by molar-refractivity contribution is -0.139. The third-order valence-corrected chi connectivity index (χ3v) is 4.80. The van der Waals surface area contributed by atoms with Crippen LogP contribution in [-0.2, 0) is 9.53 Å². The number of morpholine rings is 1. The topological polar surface area (TPSA) is 58.6 Å². The molecule has 1 aromatic rings. The fourth-order valence-corrected chi connectivity index (χ4v) is 3.53. The number of ether oxygens (including phenoxy) is 1. The highest BCUT2D eigenvalue weighted by Crippen LogP contribution is 2.26. The Morgan fingerprint density at radius 1 is 1.50 bits per heavy atom. The average Bonchev–Trinajstić information content (AvgIpc) is 2.53. The molecule has 0 spiro atoms. The molecule has 1 N–H and O–H groups in total. The van der Waals surface area contributed by atoms with Crippen LogP contribution in [0.5, 0.6) is 0 Å². The van der Waals surface area contributed by atoms with E-state index in [-0.39, 0.29) is 36.1 Å². The summed E-state index contributed by atoms with van der Waals surface area (Å²) in [6.07, 6.45) is 2.38. The van der Waals surface area contributed by atoms with E-state index in [0.717, 1.165) is 0 Å². The first kappa shape index (κ1) is 15.3. The largest absolute Gasteiger partial charge is 0.366 e. The molecular weight excluding hydrogens is 307 g/mol. The van der Waals surface area contributed by atoms with Crippen LogP contribution in [0.25, 0.3) is 0 Å². The molecule has 2 saturated heterocycles. The van der Waals surface area contributed by atoms with Crippen molar-refractivity contribution in [3.8, 4) is 0 Å². The molecular formula is C15H17FN2O3S. The van der Waals surface area contributed by atoms with Gasteiger partial charge in [0, 0.05) is 18.0 Å². The van der Waals surface area contributed by atoms with Crippen LogP contribution in [0.1, 0.15) is 16.8 Å². The SMILES string of the molecule is CSc1cccc(F)c1C(=O)N1CCC2OCC(=O)NC2C1. The first-order chi connectivity index (χ1) is 10.6. The van der Waals surface area contributed by atoms with Gasteiger partial charge in [-0.15, -0.1) is 11.8 Å². The highest BCUT2D eigenvalue weighted by molar-refractivity contribution is 7.98. The van der Waals surface area contributed by atoms with Crippen molar-refractivity contribution in [2.24, 2.45) is 0 Å². The van der Waals surface area contributed by atoms with E-state index < -0.39 is 5.82 Å². The Morgan fingerprint density at radius 2 is 2.32 bits per heavy atom. The summed E-state index contributed by atoms with van der Waals surface area (Å²) in [5, 5.41) is 2.84. The van der Waals surface area contributed by atoms with E-state index in [9.17, 15) is 14.0 Å². The number of fused-ring (bicyclic) bond motifs is 1. The van der Waals surface area contributed by atoms with Crippen molar-refractivity contribution in [3.05, 3.63) is 29.6 Å². The number of nitrogens with one attached hydrogen (secondary N) is 1. The monoisotopic (exact) mass is 324 g/mol. The Labute approximate surface area is 132 Å². The second-order valence-corrected chi connectivity index (χ2v) is 6.23. The van der Waals surface area contributed by atoms with Crippen molar-refractivity contribution >= 4 is 23.6 Å². The molecule has 2 unspecified atom stereocenters. The number of thioether (sulfide) groups is 1. The van der Waals surface area contributed by atoms with Crippen LogP contribution in [0.15, 0.2) is 23.1 Å². The summed E-state index contributed by atoms with van der Waals surface area (Å²) in [4.78, 5) is 26.3. The fourth-order valence-electron chi connectivity index (χ4n) is 2.92. The molecule has 2 fully saturated rings. The van der Waals surface area contributed by atoms with Crippen molar-refractivity contribution in [2.75, 3.05) is 26.0 Å². The second kappa shape index (κ2) is 6.26. The summed E-state index contributed by atoms with van der Waals surface area (Å²) in [6, 6.07) is 4.41. The normalized spacial score (nSPS) is 24.6. The van der Waals surface area contributed by atoms with Crippen LogP contribution in [0.2, 0.25) is 0 Å². The second-order valence-electron chi connectivity index (χ2n) is 5.38. The van der Waals surface area contributed by atoms with Crippen LogP contribution >= 0.6 is 11.8 Å². The highest BCUT2D eigenvalue weighted by atomic mass is 32.2. The van der Waals surface area contributed by atoms with Gasteiger partial charge in [-0.1, -0.05) is 6.07 Å². The predicted molar refractivity (Wildman–Crippen MR) is 80.4 cm³/mol. The number of piperidine rings is 1. The Balaban J connectivity index is 1.80. The number of likely N-dealkylation sites (tertiary alicyclic amines) is 1. The maximum atomic E-state index is 14.1. The van der Waals surface area contributed by atoms with Crippen molar-refractivity contribution in [1.82, 2.24) is 10.2 Å². The molecule has 2 atom stereocenters. The van der Waals surface area contributed by atoms with Crippen molar-refractivity contribution < 1.29 is 18.7 Å². The lowest BCUT2D eigenvalue weighted by atomic mass is 9.99. The summed E-state index contributed by atoms with van der Waals surface area (Å²) >= 11 is 1.34. The van der Waals surface area contributed by atoms with Gasteiger partial charge in [-0.3, -0.25) is 9.59 Å². The van der Waals surface area contributed by atoms with Gasteiger partial charge in [-0.2, -0.15) is 0 Å². The van der Waals surface area contributed by atoms with Gasteiger partial charge in [0.25, 0.3) is 5.91 Å². The number of halogens is 1. The zero-order valence-electron chi connectivity index (χ0n) is 12.2. The standard InChI is InChI=1S/C15H17FN2O3S/c1-22-12-4-2-3-9(16)14(12)15(20)18-6-5-11-10(7-18)17-13(19)8-21-11/h2-4,10-11H,5-8H2,1H3,(H,17,19). The van der Waals surface area contributed by atoms with Gasteiger partial charge in [-0.25, -0.2) is 4.39 Å². The van der Waals surface area contributed by atoms with Gasteiger partial charge in [-0.05, 0) is 24.8 Å². The minimum atomic E-state index is -0.511. The summed E-state index contributed by atoms with van der Waals surface area (Å²) in [5.41, 5.74) is 0.108. The van der Waals surface area contributed by atoms with Crippen molar-refractivity contribution in [2.45, 2.75) is 23.5 Å². The van der Waals surface area contributed by atoms with Crippen molar-refractivity contribution in [3.63, 3.8) is 0 Å². The number of carbonyl (C=O) groups excluding carboxylic acids is 2. The Hall–Kier alpha value is -1.60. The first-order valence-corrected chi connectivity index (χ1v) is 8.35. The molecule has 2 amide bonds. The number of hydrogen-bond donors (Lipinski definition) is 1. The molecule has 0 aromatic heterocycles. The van der Waals surface area contributed by atoms with E-state index in [2.05, 4.69) is 5.32 Å². The van der Waals surface area contributed by atoms with Crippen LogP contribution in [0.4, 0.5) is 4.39 Å². The van der Waals surface area contributed by atoms with Gasteiger partial charge in [0.15, 0.2) is 0 Å². The first-order valence-electron chi connectivity index (χ1n) is 7.13. The van der Waals surface area contributed by atoms with E-state index in [4.69, 9.17) is 4.74 Å². The Kier molecular flexibility index (Phi) is 4.35. The van der Waals surface area contributed by atoms with Gasteiger partial charge < -0.3 is 15.0 Å². The number of carbonyl (C=O) groups is 2. The molecule has 0 saturated carbocycles. The molecule has 3 rings (SSSR count). The lowest BCUT2D eigenvalue weighted by Crippen LogP contribution is -2.61. The van der Waals surface area contributed by atoms with Crippen LogP contribution in [-0.4, -0.2) is 54.8 Å². The summed E-state index contributed by atoms with van der Waals surface area (Å²) in [5.74, 6) is -1.02. The van der Waals surface area contributed by atoms with E-state index in [1.165, 1.54) is 17.8 Å². The van der Waals surface area contributed by atoms with E-state index >= 15 is 0 Å². The number of rotatable bonds is 2. The molecule has 0 aliphatic carbocycles. The lowest BCUT2D eigenvalue weighted by Gasteiger charge is -2.41. The van der Waals surface area contributed by atoms with Gasteiger partial charge >= 0.3 is 0 Å². The zero-order valence-corrected chi connectivity index (χ0v) is 13.0. The fraction of sp³-hybridized carbons (Fsp3) is 0.467. The molecule has 0 radical (unpaired) electrons. The number of hydrogen-bond acceptors (Lipinski definition) is 4. The summed E-state index contributed by atoms with van der Waals surface area (Å²) in [7, 11) is 0. The minimum Gasteiger partial charge on any atom is -0.366 e. The maximum absolute atomic E-state index is 14.1. The third kappa shape index (κ3) is 2.83. The Bertz CT molecular complexity index is 610. The molecule has 118 valence electrons. The molecule has 2 heterocycles. The smallest absolute Gasteiger partial charge is 0.258 e. The number of amides is 2. The zero-order chi connectivity index (χ0) is 15.7. The molecule has 5 nitrogen and oxygen atoms in total. The average molecular weight is 324 g/mol. The number of nitrogens with zero attached hydrogens (tertiary/aromatic N) is 1. The van der Waals surface area contributed by atoms with Crippen LogP contribution in [0, 0.1) is 5.82 Å². The molecule has 7 heteroatoms. The van der Waals surface area contributed by atoms with Crippen LogP contribution < -0.4 is 5.32 Å². The summed E-state index contributed by atoms with van der Waals surface area (Å²) < 4.78 is 19.6. The van der Waals surface area contributed by atoms with E-state index in [0.29, 0.717) is 24.4 Å². The van der Waals surface area contributed by atoms with Crippen LogP contribution in [0.3, 0.4) is 0 Å². The predicted octanol–water partition coefficient (Wildman–Crippen LogP) is 1.28. The molecule has 1 aromatic carbocycles. The molecule has 22 heavy (non-hydrogen) atoms. The Morgan fingerprint density at radius 3 is 3.09 bits per heavy atom. The summed E-state index contributed by atoms with van der Waals surface area (Å²) in [6.45, 7) is 0.911. The highest BCUT2D eigenvalue weighted by Gasteiger charge is 2.37. The molecule has 2 aliphatic rings. The minimum absolute atomic E-state index is 0.0672. The van der Waals surface area contributed by atoms with E-state index in [1.807, 2.05) is 6.26 Å². The van der Waals surface area contributed by atoms with E-state index in [1.54, 1.807) is 17.0 Å². The van der Waals surface area contributed by atoms with Gasteiger partial charge in [0.2, 0.25) is 5.91 Å². The van der Waals surface area contributed by atoms with Gasteiger partial charge in [0.05, 0.1) is 17.7 Å². The quantitative estimate of drug-likeness (QED) is 0.833.